The molecule has 5 heteroatoms. The van der Waals surface area contributed by atoms with Gasteiger partial charge in [-0.05, 0) is 24.7 Å². The number of carboxylic acids is 1. The average Bonchev–Trinajstić information content (AvgIpc) is 3.02. The number of likely N-dealkylation sites (tertiary alicyclic amines) is 1. The molecule has 2 amide bonds. The Bertz CT molecular complexity index is 393. The number of hydrogen-bond acceptors (Lipinski definition) is 2. The Morgan fingerprint density at radius 3 is 2.50 bits per heavy atom. The SMILES string of the molecule is O=C(O)C1CCN(C(=O)NC2CC2C2CCCCC2)C1. The van der Waals surface area contributed by atoms with Crippen molar-refractivity contribution in [2.24, 2.45) is 17.8 Å². The number of nitrogens with zero attached hydrogens (tertiary/aromatic N) is 1. The molecule has 3 aliphatic rings. The van der Waals surface area contributed by atoms with Gasteiger partial charge in [0, 0.05) is 19.1 Å². The number of carbonyl (C=O) groups excluding carboxylic acids is 1. The van der Waals surface area contributed by atoms with E-state index in [-0.39, 0.29) is 11.9 Å². The molecule has 0 aromatic rings. The normalized spacial score (nSPS) is 34.0. The van der Waals surface area contributed by atoms with Crippen LogP contribution in [0.3, 0.4) is 0 Å². The third-order valence-corrected chi connectivity index (χ3v) is 5.23. The Kier molecular flexibility index (Phi) is 3.85. The van der Waals surface area contributed by atoms with E-state index in [1.165, 1.54) is 32.1 Å². The Morgan fingerprint density at radius 2 is 1.85 bits per heavy atom. The zero-order valence-corrected chi connectivity index (χ0v) is 11.9. The third-order valence-electron chi connectivity index (χ3n) is 5.23. The molecule has 2 N–H and O–H groups in total. The highest BCUT2D eigenvalue weighted by Gasteiger charge is 2.44. The number of hydrogen-bond donors (Lipinski definition) is 2. The molecule has 0 aromatic heterocycles. The second kappa shape index (κ2) is 5.62. The molecule has 1 saturated heterocycles. The highest BCUT2D eigenvalue weighted by atomic mass is 16.4. The molecule has 2 aliphatic carbocycles. The van der Waals surface area contributed by atoms with Crippen molar-refractivity contribution in [3.8, 4) is 0 Å². The Balaban J connectivity index is 1.43. The minimum Gasteiger partial charge on any atom is -0.481 e. The predicted octanol–water partition coefficient (Wildman–Crippen LogP) is 2.07. The van der Waals surface area contributed by atoms with Crippen molar-refractivity contribution >= 4 is 12.0 Å². The van der Waals surface area contributed by atoms with Gasteiger partial charge in [-0.15, -0.1) is 0 Å². The molecule has 1 heterocycles. The van der Waals surface area contributed by atoms with Crippen LogP contribution in [0.4, 0.5) is 4.79 Å². The maximum atomic E-state index is 12.1. The number of rotatable bonds is 3. The van der Waals surface area contributed by atoms with Gasteiger partial charge in [0.15, 0.2) is 0 Å². The summed E-state index contributed by atoms with van der Waals surface area (Å²) >= 11 is 0. The highest BCUT2D eigenvalue weighted by Crippen LogP contribution is 2.44. The topological polar surface area (TPSA) is 69.6 Å². The summed E-state index contributed by atoms with van der Waals surface area (Å²) in [6.07, 6.45) is 8.39. The number of amides is 2. The molecule has 0 radical (unpaired) electrons. The van der Waals surface area contributed by atoms with Crippen molar-refractivity contribution in [1.29, 1.82) is 0 Å². The van der Waals surface area contributed by atoms with Gasteiger partial charge in [-0.3, -0.25) is 4.79 Å². The van der Waals surface area contributed by atoms with Crippen molar-refractivity contribution < 1.29 is 14.7 Å². The molecular weight excluding hydrogens is 256 g/mol. The fraction of sp³-hybridized carbons (Fsp3) is 0.867. The molecule has 0 spiro atoms. The fourth-order valence-corrected chi connectivity index (χ4v) is 3.86. The van der Waals surface area contributed by atoms with Crippen LogP contribution in [0.5, 0.6) is 0 Å². The minimum absolute atomic E-state index is 0.0583. The van der Waals surface area contributed by atoms with E-state index in [0.29, 0.717) is 31.5 Å². The zero-order chi connectivity index (χ0) is 14.1. The van der Waals surface area contributed by atoms with Crippen LogP contribution in [0.1, 0.15) is 44.9 Å². The summed E-state index contributed by atoms with van der Waals surface area (Å²) in [6.45, 7) is 0.936. The summed E-state index contributed by atoms with van der Waals surface area (Å²) in [5.41, 5.74) is 0. The molecule has 1 aliphatic heterocycles. The standard InChI is InChI=1S/C15H24N2O3/c18-14(19)11-6-7-17(9-11)15(20)16-13-8-12(13)10-4-2-1-3-5-10/h10-13H,1-9H2,(H,16,20)(H,18,19). The van der Waals surface area contributed by atoms with Gasteiger partial charge in [-0.1, -0.05) is 32.1 Å². The van der Waals surface area contributed by atoms with Crippen LogP contribution < -0.4 is 5.32 Å². The van der Waals surface area contributed by atoms with Gasteiger partial charge in [0.1, 0.15) is 0 Å². The van der Waals surface area contributed by atoms with E-state index in [1.807, 2.05) is 0 Å². The first kappa shape index (κ1) is 13.7. The van der Waals surface area contributed by atoms with E-state index in [4.69, 9.17) is 5.11 Å². The summed E-state index contributed by atoms with van der Waals surface area (Å²) in [5.74, 6) is 0.317. The van der Waals surface area contributed by atoms with Crippen LogP contribution in [0, 0.1) is 17.8 Å². The van der Waals surface area contributed by atoms with Gasteiger partial charge >= 0.3 is 12.0 Å². The molecule has 0 aromatic carbocycles. The first-order chi connectivity index (χ1) is 9.65. The Hall–Kier alpha value is -1.26. The molecule has 3 fully saturated rings. The summed E-state index contributed by atoms with van der Waals surface area (Å²) in [4.78, 5) is 24.7. The lowest BCUT2D eigenvalue weighted by Crippen LogP contribution is -2.40. The van der Waals surface area contributed by atoms with Crippen LogP contribution in [-0.2, 0) is 4.79 Å². The van der Waals surface area contributed by atoms with E-state index in [0.717, 1.165) is 12.3 Å². The fourth-order valence-electron chi connectivity index (χ4n) is 3.86. The zero-order valence-electron chi connectivity index (χ0n) is 11.9. The van der Waals surface area contributed by atoms with Crippen LogP contribution in [0.15, 0.2) is 0 Å². The van der Waals surface area contributed by atoms with Crippen molar-refractivity contribution in [3.63, 3.8) is 0 Å². The van der Waals surface area contributed by atoms with Gasteiger partial charge in [-0.2, -0.15) is 0 Å². The second-order valence-electron chi connectivity index (χ2n) is 6.62. The number of aliphatic carboxylic acids is 1. The lowest BCUT2D eigenvalue weighted by molar-refractivity contribution is -0.141. The molecule has 2 saturated carbocycles. The third kappa shape index (κ3) is 2.91. The Morgan fingerprint density at radius 1 is 1.10 bits per heavy atom. The predicted molar refractivity (Wildman–Crippen MR) is 74.3 cm³/mol. The van der Waals surface area contributed by atoms with Crippen LogP contribution in [-0.4, -0.2) is 41.1 Å². The number of carbonyl (C=O) groups is 2. The maximum absolute atomic E-state index is 12.1. The summed E-state index contributed by atoms with van der Waals surface area (Å²) in [7, 11) is 0. The largest absolute Gasteiger partial charge is 0.481 e. The van der Waals surface area contributed by atoms with Crippen LogP contribution in [0.25, 0.3) is 0 Å². The highest BCUT2D eigenvalue weighted by molar-refractivity contribution is 5.77. The number of nitrogens with one attached hydrogen (secondary N) is 1. The monoisotopic (exact) mass is 280 g/mol. The van der Waals surface area contributed by atoms with Gasteiger partial charge in [0.25, 0.3) is 0 Å². The van der Waals surface area contributed by atoms with Crippen LogP contribution >= 0.6 is 0 Å². The number of carboxylic acid groups (broad SMARTS) is 1. The summed E-state index contributed by atoms with van der Waals surface area (Å²) < 4.78 is 0. The van der Waals surface area contributed by atoms with E-state index >= 15 is 0 Å². The summed E-state index contributed by atoms with van der Waals surface area (Å²) in [5, 5.41) is 12.1. The van der Waals surface area contributed by atoms with E-state index < -0.39 is 5.97 Å². The maximum Gasteiger partial charge on any atom is 0.317 e. The minimum atomic E-state index is -0.785. The van der Waals surface area contributed by atoms with Crippen molar-refractivity contribution in [2.45, 2.75) is 51.0 Å². The van der Waals surface area contributed by atoms with Gasteiger partial charge in [0.05, 0.1) is 5.92 Å². The second-order valence-corrected chi connectivity index (χ2v) is 6.62. The lowest BCUT2D eigenvalue weighted by atomic mass is 9.85. The molecule has 112 valence electrons. The molecule has 20 heavy (non-hydrogen) atoms. The lowest BCUT2D eigenvalue weighted by Gasteiger charge is -2.22. The van der Waals surface area contributed by atoms with E-state index in [9.17, 15) is 9.59 Å². The van der Waals surface area contributed by atoms with E-state index in [2.05, 4.69) is 5.32 Å². The average molecular weight is 280 g/mol. The number of urea groups is 1. The first-order valence-electron chi connectivity index (χ1n) is 7.93. The molecular formula is C15H24N2O3. The van der Waals surface area contributed by atoms with E-state index in [1.54, 1.807) is 4.90 Å². The van der Waals surface area contributed by atoms with Crippen LogP contribution in [0.2, 0.25) is 0 Å². The molecule has 5 nitrogen and oxygen atoms in total. The molecule has 3 atom stereocenters. The smallest absolute Gasteiger partial charge is 0.317 e. The Labute approximate surface area is 119 Å². The van der Waals surface area contributed by atoms with Crippen molar-refractivity contribution in [2.75, 3.05) is 13.1 Å². The first-order valence-corrected chi connectivity index (χ1v) is 7.93. The quantitative estimate of drug-likeness (QED) is 0.831. The molecule has 0 bridgehead atoms. The van der Waals surface area contributed by atoms with Crippen molar-refractivity contribution in [3.05, 3.63) is 0 Å². The van der Waals surface area contributed by atoms with Crippen molar-refractivity contribution in [1.82, 2.24) is 10.2 Å². The van der Waals surface area contributed by atoms with Gasteiger partial charge in [0.2, 0.25) is 0 Å². The molecule has 3 unspecified atom stereocenters. The van der Waals surface area contributed by atoms with Gasteiger partial charge in [-0.25, -0.2) is 4.79 Å². The van der Waals surface area contributed by atoms with Gasteiger partial charge < -0.3 is 15.3 Å². The molecule has 3 rings (SSSR count). The summed E-state index contributed by atoms with van der Waals surface area (Å²) in [6, 6.07) is 0.284.